The first-order valence-corrected chi connectivity index (χ1v) is 4.82. The number of ether oxygens (including phenoxy) is 1. The molecule has 19 heavy (non-hydrogen) atoms. The number of hydrogen-bond acceptors (Lipinski definition) is 4. The van der Waals surface area contributed by atoms with Gasteiger partial charge in [0.25, 0.3) is 0 Å². The van der Waals surface area contributed by atoms with E-state index in [2.05, 4.69) is 10.1 Å². The van der Waals surface area contributed by atoms with Crippen LogP contribution in [0, 0.1) is 0 Å². The first-order chi connectivity index (χ1) is 8.76. The lowest BCUT2D eigenvalue weighted by molar-refractivity contribution is -0.297. The molecular weight excluding hydrogens is 267 g/mol. The largest absolute Gasteiger partial charge is 0.573 e. The second-order valence-corrected chi connectivity index (χ2v) is 3.21. The minimum Gasteiger partial charge on any atom is -0.545 e. The molecule has 0 fully saturated rings. The van der Waals surface area contributed by atoms with Gasteiger partial charge in [-0.2, -0.15) is 0 Å². The summed E-state index contributed by atoms with van der Waals surface area (Å²) in [5.74, 6) is -2.73. The van der Waals surface area contributed by atoms with Gasteiger partial charge in [-0.25, -0.2) is 0 Å². The number of carbonyl (C=O) groups is 2. The van der Waals surface area contributed by atoms with Crippen LogP contribution in [0.4, 0.5) is 18.9 Å². The molecule has 8 heteroatoms. The molecule has 0 bridgehead atoms. The van der Waals surface area contributed by atoms with Crippen LogP contribution in [0.3, 0.4) is 0 Å². The maximum Gasteiger partial charge on any atom is 0.573 e. The molecule has 0 aliphatic rings. The number of rotatable bonds is 4. The van der Waals surface area contributed by atoms with Gasteiger partial charge in [-0.15, -0.1) is 13.2 Å². The summed E-state index contributed by atoms with van der Waals surface area (Å²) in [6.45, 7) is 0. The molecule has 0 aliphatic carbocycles. The van der Waals surface area contributed by atoms with Gasteiger partial charge in [-0.3, -0.25) is 4.79 Å². The average molecular weight is 274 g/mol. The second kappa shape index (κ2) is 5.89. The van der Waals surface area contributed by atoms with E-state index in [9.17, 15) is 27.9 Å². The molecule has 1 N–H and O–H groups in total. The van der Waals surface area contributed by atoms with Crippen LogP contribution in [0.25, 0.3) is 0 Å². The standard InChI is InChI=1S/C11H8F3NO4/c12-11(13,14)19-8-3-1-7(2-4-8)15-9(16)5-6-10(17)18/h1-6H,(H,15,16)(H,17,18)/p-1/b6-5-. The highest BCUT2D eigenvalue weighted by Gasteiger charge is 2.30. The first-order valence-electron chi connectivity index (χ1n) is 4.82. The molecule has 0 atom stereocenters. The first kappa shape index (κ1) is 14.6. The fourth-order valence-electron chi connectivity index (χ4n) is 1.07. The van der Waals surface area contributed by atoms with E-state index >= 15 is 0 Å². The Morgan fingerprint density at radius 1 is 1.16 bits per heavy atom. The number of carboxylic acids is 1. The summed E-state index contributed by atoms with van der Waals surface area (Å²) in [6.07, 6.45) is -3.55. The lowest BCUT2D eigenvalue weighted by Gasteiger charge is -2.09. The van der Waals surface area contributed by atoms with E-state index in [0.29, 0.717) is 6.08 Å². The van der Waals surface area contributed by atoms with Gasteiger partial charge in [0.2, 0.25) is 5.91 Å². The fraction of sp³-hybridized carbons (Fsp3) is 0.0909. The Morgan fingerprint density at radius 2 is 1.74 bits per heavy atom. The molecule has 102 valence electrons. The number of halogens is 3. The maximum atomic E-state index is 11.9. The van der Waals surface area contributed by atoms with E-state index in [1.807, 2.05) is 0 Å². The number of amides is 1. The SMILES string of the molecule is O=C([O-])/C=C\C(=O)Nc1ccc(OC(F)(F)F)cc1. The number of hydrogen-bond donors (Lipinski definition) is 1. The molecule has 5 nitrogen and oxygen atoms in total. The third-order valence-corrected chi connectivity index (χ3v) is 1.73. The molecule has 1 rings (SSSR count). The van der Waals surface area contributed by atoms with Crippen LogP contribution in [0.2, 0.25) is 0 Å². The van der Waals surface area contributed by atoms with Gasteiger partial charge < -0.3 is 20.0 Å². The molecular formula is C11H7F3NO4-. The van der Waals surface area contributed by atoms with E-state index in [4.69, 9.17) is 0 Å². The summed E-state index contributed by atoms with van der Waals surface area (Å²) in [5, 5.41) is 12.3. The van der Waals surface area contributed by atoms with Gasteiger partial charge in [0.15, 0.2) is 0 Å². The van der Waals surface area contributed by atoms with Gasteiger partial charge in [-0.05, 0) is 30.3 Å². The summed E-state index contributed by atoms with van der Waals surface area (Å²) in [6, 6.07) is 4.36. The van der Waals surface area contributed by atoms with Crippen LogP contribution in [-0.2, 0) is 9.59 Å². The summed E-state index contributed by atoms with van der Waals surface area (Å²) in [5.41, 5.74) is 0.183. The summed E-state index contributed by atoms with van der Waals surface area (Å²) in [4.78, 5) is 21.2. The Kier molecular flexibility index (Phi) is 4.51. The van der Waals surface area contributed by atoms with Crippen molar-refractivity contribution >= 4 is 17.6 Å². The van der Waals surface area contributed by atoms with Crippen LogP contribution < -0.4 is 15.2 Å². The van der Waals surface area contributed by atoms with Crippen molar-refractivity contribution in [3.8, 4) is 5.75 Å². The number of aliphatic carboxylic acids is 1. The number of anilines is 1. The molecule has 0 aliphatic heterocycles. The molecule has 0 heterocycles. The monoisotopic (exact) mass is 274 g/mol. The zero-order valence-corrected chi connectivity index (χ0v) is 9.23. The van der Waals surface area contributed by atoms with Crippen molar-refractivity contribution < 1.29 is 32.6 Å². The van der Waals surface area contributed by atoms with Crippen molar-refractivity contribution in [3.63, 3.8) is 0 Å². The van der Waals surface area contributed by atoms with Crippen molar-refractivity contribution in [3.05, 3.63) is 36.4 Å². The third-order valence-electron chi connectivity index (χ3n) is 1.73. The summed E-state index contributed by atoms with van der Waals surface area (Å²) in [7, 11) is 0. The fourth-order valence-corrected chi connectivity index (χ4v) is 1.07. The van der Waals surface area contributed by atoms with E-state index in [1.54, 1.807) is 0 Å². The van der Waals surface area contributed by atoms with Crippen molar-refractivity contribution in [1.82, 2.24) is 0 Å². The molecule has 0 aromatic heterocycles. The Morgan fingerprint density at radius 3 is 2.21 bits per heavy atom. The predicted molar refractivity (Wildman–Crippen MR) is 55.9 cm³/mol. The van der Waals surface area contributed by atoms with E-state index in [-0.39, 0.29) is 5.69 Å². The van der Waals surface area contributed by atoms with Gasteiger partial charge in [0.05, 0.1) is 5.97 Å². The Labute approximate surface area is 105 Å². The second-order valence-electron chi connectivity index (χ2n) is 3.21. The van der Waals surface area contributed by atoms with Crippen molar-refractivity contribution in [2.24, 2.45) is 0 Å². The molecule has 0 unspecified atom stereocenters. The number of benzene rings is 1. The highest BCUT2D eigenvalue weighted by atomic mass is 19.4. The van der Waals surface area contributed by atoms with Gasteiger partial charge in [0, 0.05) is 11.8 Å². The Bertz CT molecular complexity index is 494. The van der Waals surface area contributed by atoms with Crippen LogP contribution in [0.15, 0.2) is 36.4 Å². The van der Waals surface area contributed by atoms with Gasteiger partial charge in [0.1, 0.15) is 5.75 Å². The van der Waals surface area contributed by atoms with Crippen molar-refractivity contribution in [2.75, 3.05) is 5.32 Å². The zero-order valence-electron chi connectivity index (χ0n) is 9.23. The van der Waals surface area contributed by atoms with Crippen molar-refractivity contribution in [1.29, 1.82) is 0 Å². The highest BCUT2D eigenvalue weighted by Crippen LogP contribution is 2.23. The molecule has 1 amide bonds. The molecule has 1 aromatic rings. The van der Waals surface area contributed by atoms with Gasteiger partial charge in [-0.1, -0.05) is 0 Å². The van der Waals surface area contributed by atoms with Crippen LogP contribution in [0.1, 0.15) is 0 Å². The zero-order chi connectivity index (χ0) is 14.5. The minimum atomic E-state index is -4.79. The lowest BCUT2D eigenvalue weighted by Crippen LogP contribution is -2.20. The molecule has 0 spiro atoms. The number of carbonyl (C=O) groups excluding carboxylic acids is 2. The summed E-state index contributed by atoms with van der Waals surface area (Å²) < 4.78 is 39.2. The molecule has 0 saturated heterocycles. The lowest BCUT2D eigenvalue weighted by atomic mass is 10.3. The minimum absolute atomic E-state index is 0.183. The third kappa shape index (κ3) is 6.10. The van der Waals surface area contributed by atoms with E-state index in [1.165, 1.54) is 12.1 Å². The van der Waals surface area contributed by atoms with Crippen LogP contribution in [-0.4, -0.2) is 18.2 Å². The smallest absolute Gasteiger partial charge is 0.545 e. The topological polar surface area (TPSA) is 78.5 Å². The molecule has 1 aromatic carbocycles. The Hall–Kier alpha value is -2.51. The summed E-state index contributed by atoms with van der Waals surface area (Å²) >= 11 is 0. The quantitative estimate of drug-likeness (QED) is 0.825. The molecule has 0 radical (unpaired) electrons. The Balaban J connectivity index is 2.62. The van der Waals surface area contributed by atoms with Crippen LogP contribution in [0.5, 0.6) is 5.75 Å². The number of nitrogens with one attached hydrogen (secondary N) is 1. The predicted octanol–water partition coefficient (Wildman–Crippen LogP) is 0.830. The van der Waals surface area contributed by atoms with E-state index in [0.717, 1.165) is 18.2 Å². The average Bonchev–Trinajstić information content (AvgIpc) is 2.27. The van der Waals surface area contributed by atoms with E-state index < -0.39 is 24.0 Å². The van der Waals surface area contributed by atoms with Gasteiger partial charge >= 0.3 is 6.36 Å². The molecule has 0 saturated carbocycles. The van der Waals surface area contributed by atoms with Crippen molar-refractivity contribution in [2.45, 2.75) is 6.36 Å². The van der Waals surface area contributed by atoms with Crippen LogP contribution >= 0.6 is 0 Å². The number of carboxylic acid groups (broad SMARTS) is 1. The highest BCUT2D eigenvalue weighted by molar-refractivity contribution is 6.02. The number of alkyl halides is 3. The normalized spacial score (nSPS) is 11.3. The maximum absolute atomic E-state index is 11.9.